The minimum atomic E-state index is -2.50. The van der Waals surface area contributed by atoms with Crippen LogP contribution in [0, 0.1) is 0 Å². The highest BCUT2D eigenvalue weighted by atomic mass is 19.3. The molecule has 0 heterocycles. The van der Waals surface area contributed by atoms with Gasteiger partial charge in [-0.15, -0.1) is 0 Å². The third kappa shape index (κ3) is 6.15. The van der Waals surface area contributed by atoms with E-state index in [2.05, 4.69) is 10.1 Å². The molecule has 1 aromatic rings. The molecule has 0 bridgehead atoms. The van der Waals surface area contributed by atoms with Crippen molar-refractivity contribution in [3.05, 3.63) is 29.8 Å². The van der Waals surface area contributed by atoms with Crippen LogP contribution in [0.5, 0.6) is 0 Å². The van der Waals surface area contributed by atoms with Gasteiger partial charge < -0.3 is 15.8 Å². The van der Waals surface area contributed by atoms with Gasteiger partial charge in [0.1, 0.15) is 6.61 Å². The molecule has 4 nitrogen and oxygen atoms in total. The van der Waals surface area contributed by atoms with Gasteiger partial charge in [-0.05, 0) is 17.7 Å². The Hall–Kier alpha value is -1.69. The summed E-state index contributed by atoms with van der Waals surface area (Å²) in [6, 6.07) is 7.10. The van der Waals surface area contributed by atoms with E-state index in [1.165, 1.54) is 0 Å². The number of hydrogen-bond acceptors (Lipinski definition) is 3. The van der Waals surface area contributed by atoms with E-state index in [0.29, 0.717) is 12.2 Å². The summed E-state index contributed by atoms with van der Waals surface area (Å²) in [5, 5.41) is 2.66. The highest BCUT2D eigenvalue weighted by molar-refractivity contribution is 5.75. The summed E-state index contributed by atoms with van der Waals surface area (Å²) in [5.41, 5.74) is 7.10. The minimum absolute atomic E-state index is 0.00207. The molecule has 0 saturated heterocycles. The van der Waals surface area contributed by atoms with E-state index in [-0.39, 0.29) is 18.9 Å². The Kier molecular flexibility index (Phi) is 6.07. The summed E-state index contributed by atoms with van der Waals surface area (Å²) in [6.07, 6.45) is -2.43. The molecule has 6 heteroatoms. The van der Waals surface area contributed by atoms with E-state index in [4.69, 9.17) is 5.73 Å². The predicted molar refractivity (Wildman–Crippen MR) is 64.1 cm³/mol. The van der Waals surface area contributed by atoms with Crippen molar-refractivity contribution in [3.63, 3.8) is 0 Å². The summed E-state index contributed by atoms with van der Waals surface area (Å²) < 4.78 is 28.1. The van der Waals surface area contributed by atoms with Gasteiger partial charge in [0.15, 0.2) is 0 Å². The zero-order valence-electron chi connectivity index (χ0n) is 9.86. The standard InChI is InChI=1S/C12H16F2N2O2/c13-11(14)8-18-6-5-12(17)16-7-9-1-3-10(15)4-2-9/h1-4,11H,5-8,15H2,(H,16,17). The van der Waals surface area contributed by atoms with Crippen molar-refractivity contribution in [1.82, 2.24) is 5.32 Å². The normalized spacial score (nSPS) is 10.6. The van der Waals surface area contributed by atoms with Crippen LogP contribution in [0.2, 0.25) is 0 Å². The Bertz CT molecular complexity index is 369. The number of rotatable bonds is 7. The van der Waals surface area contributed by atoms with E-state index in [1.807, 2.05) is 12.1 Å². The number of carbonyl (C=O) groups is 1. The smallest absolute Gasteiger partial charge is 0.261 e. The van der Waals surface area contributed by atoms with Gasteiger partial charge in [-0.1, -0.05) is 12.1 Å². The Morgan fingerprint density at radius 3 is 2.61 bits per heavy atom. The average Bonchev–Trinajstić information content (AvgIpc) is 2.34. The number of ether oxygens (including phenoxy) is 1. The summed E-state index contributed by atoms with van der Waals surface area (Å²) in [5.74, 6) is -0.235. The zero-order valence-corrected chi connectivity index (χ0v) is 9.86. The van der Waals surface area contributed by atoms with Gasteiger partial charge in [0.25, 0.3) is 6.43 Å². The van der Waals surface area contributed by atoms with E-state index in [1.54, 1.807) is 12.1 Å². The number of nitrogen functional groups attached to an aromatic ring is 1. The lowest BCUT2D eigenvalue weighted by Gasteiger charge is -2.06. The highest BCUT2D eigenvalue weighted by Crippen LogP contribution is 2.04. The molecule has 0 radical (unpaired) electrons. The Labute approximate surface area is 104 Å². The molecule has 100 valence electrons. The lowest BCUT2D eigenvalue weighted by molar-refractivity contribution is -0.122. The van der Waals surface area contributed by atoms with Gasteiger partial charge in [-0.3, -0.25) is 4.79 Å². The summed E-state index contributed by atoms with van der Waals surface area (Å²) >= 11 is 0. The van der Waals surface area contributed by atoms with Crippen LogP contribution in [-0.4, -0.2) is 25.5 Å². The van der Waals surface area contributed by atoms with Gasteiger partial charge in [0.05, 0.1) is 6.61 Å². The summed E-state index contributed by atoms with van der Waals surface area (Å²) in [6.45, 7) is -0.253. The van der Waals surface area contributed by atoms with Gasteiger partial charge in [0, 0.05) is 18.7 Å². The quantitative estimate of drug-likeness (QED) is 0.576. The Morgan fingerprint density at radius 2 is 2.00 bits per heavy atom. The first-order valence-corrected chi connectivity index (χ1v) is 5.55. The van der Waals surface area contributed by atoms with E-state index in [0.717, 1.165) is 5.56 Å². The molecule has 0 unspecified atom stereocenters. The lowest BCUT2D eigenvalue weighted by atomic mass is 10.2. The number of halogens is 2. The van der Waals surface area contributed by atoms with Crippen LogP contribution in [0.3, 0.4) is 0 Å². The third-order valence-corrected chi connectivity index (χ3v) is 2.19. The second-order valence-electron chi connectivity index (χ2n) is 3.73. The summed E-state index contributed by atoms with van der Waals surface area (Å²) in [7, 11) is 0. The number of benzene rings is 1. The van der Waals surface area contributed by atoms with Gasteiger partial charge >= 0.3 is 0 Å². The Balaban J connectivity index is 2.15. The maximum absolute atomic E-state index is 11.7. The van der Waals surface area contributed by atoms with Crippen LogP contribution in [0.4, 0.5) is 14.5 Å². The van der Waals surface area contributed by atoms with Gasteiger partial charge in [-0.25, -0.2) is 8.78 Å². The van der Waals surface area contributed by atoms with Gasteiger partial charge in [-0.2, -0.15) is 0 Å². The average molecular weight is 258 g/mol. The lowest BCUT2D eigenvalue weighted by Crippen LogP contribution is -2.24. The van der Waals surface area contributed by atoms with Crippen LogP contribution < -0.4 is 11.1 Å². The van der Waals surface area contributed by atoms with Crippen molar-refractivity contribution in [2.45, 2.75) is 19.4 Å². The number of anilines is 1. The van der Waals surface area contributed by atoms with Crippen molar-refractivity contribution in [2.75, 3.05) is 18.9 Å². The molecule has 0 aliphatic rings. The molecular formula is C12H16F2N2O2. The molecular weight excluding hydrogens is 242 g/mol. The first kappa shape index (κ1) is 14.4. The number of alkyl halides is 2. The van der Waals surface area contributed by atoms with Crippen molar-refractivity contribution < 1.29 is 18.3 Å². The SMILES string of the molecule is Nc1ccc(CNC(=O)CCOCC(F)F)cc1. The molecule has 0 saturated carbocycles. The molecule has 1 aromatic carbocycles. The second-order valence-corrected chi connectivity index (χ2v) is 3.73. The second kappa shape index (κ2) is 7.60. The fraction of sp³-hybridized carbons (Fsp3) is 0.417. The van der Waals surface area contributed by atoms with E-state index >= 15 is 0 Å². The first-order valence-electron chi connectivity index (χ1n) is 5.55. The molecule has 0 spiro atoms. The molecule has 0 aliphatic carbocycles. The zero-order chi connectivity index (χ0) is 13.4. The van der Waals surface area contributed by atoms with Crippen LogP contribution in [0.1, 0.15) is 12.0 Å². The van der Waals surface area contributed by atoms with Gasteiger partial charge in [0.2, 0.25) is 5.91 Å². The maximum atomic E-state index is 11.7. The molecule has 3 N–H and O–H groups in total. The Morgan fingerprint density at radius 1 is 1.33 bits per heavy atom. The molecule has 0 aromatic heterocycles. The monoisotopic (exact) mass is 258 g/mol. The highest BCUT2D eigenvalue weighted by Gasteiger charge is 2.04. The molecule has 1 rings (SSSR count). The van der Waals surface area contributed by atoms with Crippen molar-refractivity contribution in [3.8, 4) is 0 Å². The van der Waals surface area contributed by atoms with E-state index < -0.39 is 13.0 Å². The number of hydrogen-bond donors (Lipinski definition) is 2. The molecule has 0 fully saturated rings. The fourth-order valence-electron chi connectivity index (χ4n) is 1.26. The van der Waals surface area contributed by atoms with Crippen molar-refractivity contribution in [1.29, 1.82) is 0 Å². The van der Waals surface area contributed by atoms with Crippen LogP contribution >= 0.6 is 0 Å². The van der Waals surface area contributed by atoms with Crippen molar-refractivity contribution in [2.24, 2.45) is 0 Å². The van der Waals surface area contributed by atoms with Crippen molar-refractivity contribution >= 4 is 11.6 Å². The topological polar surface area (TPSA) is 64.3 Å². The van der Waals surface area contributed by atoms with E-state index in [9.17, 15) is 13.6 Å². The molecule has 18 heavy (non-hydrogen) atoms. The predicted octanol–water partition coefficient (Wildman–Crippen LogP) is 1.56. The third-order valence-electron chi connectivity index (χ3n) is 2.19. The molecule has 0 aliphatic heterocycles. The summed E-state index contributed by atoms with van der Waals surface area (Å²) in [4.78, 5) is 11.3. The molecule has 0 atom stereocenters. The minimum Gasteiger partial charge on any atom is -0.399 e. The number of amides is 1. The fourth-order valence-corrected chi connectivity index (χ4v) is 1.26. The maximum Gasteiger partial charge on any atom is 0.261 e. The number of nitrogens with one attached hydrogen (secondary N) is 1. The largest absolute Gasteiger partial charge is 0.399 e. The van der Waals surface area contributed by atoms with Crippen LogP contribution in [0.25, 0.3) is 0 Å². The van der Waals surface area contributed by atoms with Crippen LogP contribution in [0.15, 0.2) is 24.3 Å². The number of nitrogens with two attached hydrogens (primary N) is 1. The van der Waals surface area contributed by atoms with Crippen LogP contribution in [-0.2, 0) is 16.1 Å². The number of carbonyl (C=O) groups excluding carboxylic acids is 1. The molecule has 1 amide bonds. The first-order chi connectivity index (χ1) is 8.58.